The number of sulfonamides is 1. The van der Waals surface area contributed by atoms with Crippen LogP contribution in [0.4, 0.5) is 5.13 Å². The zero-order valence-electron chi connectivity index (χ0n) is 10.7. The zero-order valence-corrected chi connectivity index (χ0v) is 12.4. The van der Waals surface area contributed by atoms with Gasteiger partial charge in [0.25, 0.3) is 10.0 Å². The number of nitrogens with one attached hydrogen (secondary N) is 3. The van der Waals surface area contributed by atoms with Crippen molar-refractivity contribution in [2.75, 3.05) is 11.3 Å². The Kier molecular flexibility index (Phi) is 4.23. The summed E-state index contributed by atoms with van der Waals surface area (Å²) in [7, 11) is -3.57. The van der Waals surface area contributed by atoms with Crippen LogP contribution in [0.2, 0.25) is 0 Å². The second-order valence-electron chi connectivity index (χ2n) is 4.04. The summed E-state index contributed by atoms with van der Waals surface area (Å²) in [5.74, 6) is 0. The molecule has 0 bridgehead atoms. The van der Waals surface area contributed by atoms with Crippen molar-refractivity contribution in [2.24, 2.45) is 0 Å². The van der Waals surface area contributed by atoms with Gasteiger partial charge in [0.2, 0.25) is 0 Å². The van der Waals surface area contributed by atoms with E-state index in [1.807, 2.05) is 13.8 Å². The first-order chi connectivity index (χ1) is 9.01. The summed E-state index contributed by atoms with van der Waals surface area (Å²) in [6.07, 6.45) is 1.48. The first-order valence-corrected chi connectivity index (χ1v) is 8.20. The molecular weight excluding hydrogens is 284 g/mol. The van der Waals surface area contributed by atoms with Crippen molar-refractivity contribution in [1.82, 2.24) is 15.3 Å². The van der Waals surface area contributed by atoms with E-state index in [1.54, 1.807) is 11.4 Å². The highest BCUT2D eigenvalue weighted by molar-refractivity contribution is 7.93. The molecule has 3 N–H and O–H groups in total. The molecule has 0 aromatic carbocycles. The summed E-state index contributed by atoms with van der Waals surface area (Å²) in [6, 6.07) is 1.62. The van der Waals surface area contributed by atoms with Crippen molar-refractivity contribution in [3.8, 4) is 0 Å². The minimum atomic E-state index is -3.57. The molecule has 2 aromatic heterocycles. The molecule has 104 valence electrons. The number of rotatable bonds is 6. The van der Waals surface area contributed by atoms with Crippen molar-refractivity contribution in [1.29, 1.82) is 0 Å². The Morgan fingerprint density at radius 2 is 2.26 bits per heavy atom. The van der Waals surface area contributed by atoms with Crippen molar-refractivity contribution < 1.29 is 8.42 Å². The number of hydrogen-bond donors (Lipinski definition) is 3. The van der Waals surface area contributed by atoms with Gasteiger partial charge in [0.15, 0.2) is 5.13 Å². The molecule has 0 aliphatic heterocycles. The fourth-order valence-corrected chi connectivity index (χ4v) is 3.47. The smallest absolute Gasteiger partial charge is 0.265 e. The second-order valence-corrected chi connectivity index (χ2v) is 6.58. The molecule has 0 saturated carbocycles. The summed E-state index contributed by atoms with van der Waals surface area (Å²) in [6.45, 7) is 5.26. The van der Waals surface area contributed by atoms with Crippen molar-refractivity contribution in [3.63, 3.8) is 0 Å². The summed E-state index contributed by atoms with van der Waals surface area (Å²) in [4.78, 5) is 7.24. The largest absolute Gasteiger partial charge is 0.363 e. The zero-order chi connectivity index (χ0) is 13.9. The number of aryl methyl sites for hydroxylation is 1. The molecule has 0 radical (unpaired) electrons. The molecule has 2 rings (SSSR count). The average Bonchev–Trinajstić information content (AvgIpc) is 2.95. The molecule has 0 atom stereocenters. The Labute approximate surface area is 116 Å². The fraction of sp³-hybridized carbons (Fsp3) is 0.364. The maximum absolute atomic E-state index is 12.1. The molecule has 8 heteroatoms. The molecule has 0 aliphatic carbocycles. The lowest BCUT2D eigenvalue weighted by Gasteiger charge is -2.01. The summed E-state index contributed by atoms with van der Waals surface area (Å²) in [5.41, 5.74) is 1.63. The molecule has 0 aliphatic rings. The maximum atomic E-state index is 12.1. The molecule has 0 amide bonds. The molecule has 0 fully saturated rings. The molecule has 6 nitrogen and oxygen atoms in total. The Balaban J connectivity index is 2.13. The van der Waals surface area contributed by atoms with Gasteiger partial charge in [-0.2, -0.15) is 0 Å². The molecule has 2 heterocycles. The van der Waals surface area contributed by atoms with Crippen LogP contribution in [-0.4, -0.2) is 24.9 Å². The van der Waals surface area contributed by atoms with Crippen LogP contribution in [0.3, 0.4) is 0 Å². The topological polar surface area (TPSA) is 86.9 Å². The molecular formula is C11H16N4O2S2. The predicted molar refractivity (Wildman–Crippen MR) is 75.8 cm³/mol. The Morgan fingerprint density at radius 3 is 2.89 bits per heavy atom. The third kappa shape index (κ3) is 3.55. The number of H-pyrrole nitrogens is 1. The minimum absolute atomic E-state index is 0.216. The Bertz CT molecular complexity index is 645. The van der Waals surface area contributed by atoms with Crippen molar-refractivity contribution >= 4 is 26.5 Å². The average molecular weight is 300 g/mol. The monoisotopic (exact) mass is 300 g/mol. The molecule has 2 aromatic rings. The van der Waals surface area contributed by atoms with Crippen molar-refractivity contribution in [3.05, 3.63) is 29.0 Å². The SMILES string of the molecule is CCNCc1cc(S(=O)(=O)Nc2nc(C)cs2)c[nH]1. The van der Waals surface area contributed by atoms with E-state index in [1.165, 1.54) is 17.5 Å². The first-order valence-electron chi connectivity index (χ1n) is 5.84. The van der Waals surface area contributed by atoms with Gasteiger partial charge in [-0.3, -0.25) is 4.72 Å². The van der Waals surface area contributed by atoms with Gasteiger partial charge in [0, 0.05) is 23.8 Å². The normalized spacial score (nSPS) is 11.7. The van der Waals surface area contributed by atoms with Gasteiger partial charge in [-0.25, -0.2) is 13.4 Å². The molecule has 0 spiro atoms. The Hall–Kier alpha value is -1.38. The van der Waals surface area contributed by atoms with Crippen LogP contribution in [0.25, 0.3) is 0 Å². The van der Waals surface area contributed by atoms with Gasteiger partial charge in [-0.15, -0.1) is 11.3 Å². The van der Waals surface area contributed by atoms with Gasteiger partial charge >= 0.3 is 0 Å². The Morgan fingerprint density at radius 1 is 1.47 bits per heavy atom. The number of hydrogen-bond acceptors (Lipinski definition) is 5. The lowest BCUT2D eigenvalue weighted by atomic mass is 10.4. The lowest BCUT2D eigenvalue weighted by Crippen LogP contribution is -2.13. The van der Waals surface area contributed by atoms with Crippen LogP contribution >= 0.6 is 11.3 Å². The van der Waals surface area contributed by atoms with Gasteiger partial charge in [0.05, 0.1) is 5.69 Å². The van der Waals surface area contributed by atoms with Crippen LogP contribution in [0.15, 0.2) is 22.5 Å². The van der Waals surface area contributed by atoms with Crippen LogP contribution < -0.4 is 10.0 Å². The lowest BCUT2D eigenvalue weighted by molar-refractivity contribution is 0.601. The van der Waals surface area contributed by atoms with E-state index in [-0.39, 0.29) is 4.90 Å². The van der Waals surface area contributed by atoms with Crippen LogP contribution in [0.5, 0.6) is 0 Å². The molecule has 0 unspecified atom stereocenters. The maximum Gasteiger partial charge on any atom is 0.265 e. The number of aromatic nitrogens is 2. The van der Waals surface area contributed by atoms with Gasteiger partial charge in [-0.05, 0) is 19.5 Å². The summed E-state index contributed by atoms with van der Waals surface area (Å²) in [5, 5.41) is 5.30. The third-order valence-corrected chi connectivity index (χ3v) is 4.76. The van der Waals surface area contributed by atoms with E-state index in [0.717, 1.165) is 17.9 Å². The van der Waals surface area contributed by atoms with Crippen LogP contribution in [0.1, 0.15) is 18.3 Å². The van der Waals surface area contributed by atoms with Gasteiger partial charge < -0.3 is 10.3 Å². The highest BCUT2D eigenvalue weighted by Crippen LogP contribution is 2.20. The van der Waals surface area contributed by atoms with E-state index >= 15 is 0 Å². The number of nitrogens with zero attached hydrogens (tertiary/aromatic N) is 1. The number of anilines is 1. The van der Waals surface area contributed by atoms with E-state index in [0.29, 0.717) is 11.7 Å². The number of thiazole rings is 1. The van der Waals surface area contributed by atoms with Gasteiger partial charge in [-0.1, -0.05) is 6.92 Å². The molecule has 19 heavy (non-hydrogen) atoms. The van der Waals surface area contributed by atoms with E-state index in [4.69, 9.17) is 0 Å². The second kappa shape index (κ2) is 5.72. The first kappa shape index (κ1) is 14.0. The predicted octanol–water partition coefficient (Wildman–Crippen LogP) is 1.69. The van der Waals surface area contributed by atoms with E-state index < -0.39 is 10.0 Å². The van der Waals surface area contributed by atoms with Gasteiger partial charge in [0.1, 0.15) is 4.90 Å². The summed E-state index contributed by atoms with van der Waals surface area (Å²) >= 11 is 1.27. The highest BCUT2D eigenvalue weighted by atomic mass is 32.2. The highest BCUT2D eigenvalue weighted by Gasteiger charge is 2.17. The van der Waals surface area contributed by atoms with E-state index in [9.17, 15) is 8.42 Å². The number of aromatic amines is 1. The minimum Gasteiger partial charge on any atom is -0.363 e. The van der Waals surface area contributed by atoms with E-state index in [2.05, 4.69) is 20.0 Å². The third-order valence-electron chi connectivity index (χ3n) is 2.43. The molecule has 0 saturated heterocycles. The van der Waals surface area contributed by atoms with Crippen LogP contribution in [-0.2, 0) is 16.6 Å². The standard InChI is InChI=1S/C11H16N4O2S2/c1-3-12-5-9-4-10(6-13-9)19(16,17)15-11-14-8(2)7-18-11/h4,6-7,12-13H,3,5H2,1-2H3,(H,14,15). The van der Waals surface area contributed by atoms with Crippen LogP contribution in [0, 0.1) is 6.92 Å². The van der Waals surface area contributed by atoms with Crippen molar-refractivity contribution in [2.45, 2.75) is 25.3 Å². The summed E-state index contributed by atoms with van der Waals surface area (Å²) < 4.78 is 26.7. The fourth-order valence-electron chi connectivity index (χ4n) is 1.51. The quantitative estimate of drug-likeness (QED) is 0.757.